The number of phenolic OH excluding ortho intramolecular Hbond substituents is 1. The lowest BCUT2D eigenvalue weighted by molar-refractivity contribution is 0.0935. The van der Waals surface area contributed by atoms with Gasteiger partial charge in [0, 0.05) is 12.6 Å². The van der Waals surface area contributed by atoms with Crippen LogP contribution in [0, 0.1) is 6.92 Å². The van der Waals surface area contributed by atoms with Crippen molar-refractivity contribution < 1.29 is 9.90 Å². The standard InChI is InChI=1S/C17H20N2O2/c1-12-7-8-15(16(20)9-12)17(21)19-14(11-18)10-13-5-3-2-4-6-13/h2-9,14,20H,10-11,18H2,1H3,(H,19,21). The molecule has 4 heteroatoms. The van der Waals surface area contributed by atoms with Crippen LogP contribution in [0.3, 0.4) is 0 Å². The minimum Gasteiger partial charge on any atom is -0.507 e. The van der Waals surface area contributed by atoms with E-state index < -0.39 is 0 Å². The molecule has 2 rings (SSSR count). The largest absolute Gasteiger partial charge is 0.507 e. The van der Waals surface area contributed by atoms with Gasteiger partial charge in [0.1, 0.15) is 5.75 Å². The van der Waals surface area contributed by atoms with Gasteiger partial charge in [0.15, 0.2) is 0 Å². The highest BCUT2D eigenvalue weighted by Crippen LogP contribution is 2.18. The van der Waals surface area contributed by atoms with Gasteiger partial charge in [0.05, 0.1) is 5.56 Å². The van der Waals surface area contributed by atoms with Crippen LogP contribution in [0.5, 0.6) is 5.75 Å². The summed E-state index contributed by atoms with van der Waals surface area (Å²) < 4.78 is 0. The third-order valence-corrected chi connectivity index (χ3v) is 3.34. The highest BCUT2D eigenvalue weighted by molar-refractivity contribution is 5.97. The van der Waals surface area contributed by atoms with Gasteiger partial charge in [0.25, 0.3) is 5.91 Å². The summed E-state index contributed by atoms with van der Waals surface area (Å²) in [5, 5.41) is 12.7. The van der Waals surface area contributed by atoms with Crippen molar-refractivity contribution in [2.24, 2.45) is 5.73 Å². The first-order chi connectivity index (χ1) is 10.1. The van der Waals surface area contributed by atoms with Crippen molar-refractivity contribution in [2.45, 2.75) is 19.4 Å². The highest BCUT2D eigenvalue weighted by Gasteiger charge is 2.15. The molecule has 0 fully saturated rings. The van der Waals surface area contributed by atoms with E-state index >= 15 is 0 Å². The first-order valence-corrected chi connectivity index (χ1v) is 6.94. The van der Waals surface area contributed by atoms with Gasteiger partial charge in [-0.2, -0.15) is 0 Å². The van der Waals surface area contributed by atoms with Gasteiger partial charge >= 0.3 is 0 Å². The Bertz CT molecular complexity index is 611. The fourth-order valence-electron chi connectivity index (χ4n) is 2.19. The topological polar surface area (TPSA) is 75.4 Å². The zero-order chi connectivity index (χ0) is 15.2. The highest BCUT2D eigenvalue weighted by atomic mass is 16.3. The number of hydrogen-bond donors (Lipinski definition) is 3. The zero-order valence-electron chi connectivity index (χ0n) is 12.0. The van der Waals surface area contributed by atoms with Crippen molar-refractivity contribution in [3.05, 3.63) is 65.2 Å². The summed E-state index contributed by atoms with van der Waals surface area (Å²) in [5.74, 6) is -0.318. The van der Waals surface area contributed by atoms with Crippen LogP contribution in [0.25, 0.3) is 0 Å². The molecule has 2 aromatic carbocycles. The number of nitrogens with two attached hydrogens (primary N) is 1. The molecule has 1 unspecified atom stereocenters. The third kappa shape index (κ3) is 4.07. The molecule has 0 saturated carbocycles. The second kappa shape index (κ2) is 6.90. The second-order valence-corrected chi connectivity index (χ2v) is 5.12. The van der Waals surface area contributed by atoms with Crippen LogP contribution in [0.15, 0.2) is 48.5 Å². The minimum absolute atomic E-state index is 0.0111. The lowest BCUT2D eigenvalue weighted by Gasteiger charge is -2.17. The van der Waals surface area contributed by atoms with Gasteiger partial charge in [-0.15, -0.1) is 0 Å². The molecule has 0 saturated heterocycles. The molecule has 0 heterocycles. The third-order valence-electron chi connectivity index (χ3n) is 3.34. The molecule has 0 aliphatic carbocycles. The molecular formula is C17H20N2O2. The molecule has 1 amide bonds. The zero-order valence-corrected chi connectivity index (χ0v) is 12.0. The molecule has 1 atom stereocenters. The lowest BCUT2D eigenvalue weighted by Crippen LogP contribution is -2.41. The summed E-state index contributed by atoms with van der Waals surface area (Å²) in [6, 6.07) is 14.7. The first kappa shape index (κ1) is 15.1. The predicted octanol–water partition coefficient (Wildman–Crippen LogP) is 2.00. The average Bonchev–Trinajstić information content (AvgIpc) is 2.47. The quantitative estimate of drug-likeness (QED) is 0.786. The Hall–Kier alpha value is -2.33. The summed E-state index contributed by atoms with van der Waals surface area (Å²) in [6.45, 7) is 2.20. The molecule has 0 aromatic heterocycles. The van der Waals surface area contributed by atoms with Crippen molar-refractivity contribution in [2.75, 3.05) is 6.54 Å². The number of amides is 1. The summed E-state index contributed by atoms with van der Waals surface area (Å²) >= 11 is 0. The summed E-state index contributed by atoms with van der Waals surface area (Å²) in [6.07, 6.45) is 0.662. The van der Waals surface area contributed by atoms with Crippen molar-refractivity contribution >= 4 is 5.91 Å². The van der Waals surface area contributed by atoms with Gasteiger partial charge in [0.2, 0.25) is 0 Å². The van der Waals surface area contributed by atoms with E-state index in [1.165, 1.54) is 0 Å². The molecular weight excluding hydrogens is 264 g/mol. The van der Waals surface area contributed by atoms with Gasteiger partial charge in [-0.1, -0.05) is 36.4 Å². The lowest BCUT2D eigenvalue weighted by atomic mass is 10.0. The summed E-state index contributed by atoms with van der Waals surface area (Å²) in [4.78, 5) is 12.2. The minimum atomic E-state index is -0.307. The maximum Gasteiger partial charge on any atom is 0.255 e. The number of aryl methyl sites for hydroxylation is 1. The van der Waals surface area contributed by atoms with Gasteiger partial charge in [-0.25, -0.2) is 0 Å². The van der Waals surface area contributed by atoms with Crippen LogP contribution in [-0.2, 0) is 6.42 Å². The van der Waals surface area contributed by atoms with Crippen molar-refractivity contribution in [3.8, 4) is 5.75 Å². The molecule has 4 nitrogen and oxygen atoms in total. The maximum absolute atomic E-state index is 12.2. The van der Waals surface area contributed by atoms with Gasteiger partial charge < -0.3 is 16.2 Å². The van der Waals surface area contributed by atoms with Crippen LogP contribution < -0.4 is 11.1 Å². The predicted molar refractivity (Wildman–Crippen MR) is 83.3 cm³/mol. The van der Waals surface area contributed by atoms with E-state index in [4.69, 9.17) is 5.73 Å². The fourth-order valence-corrected chi connectivity index (χ4v) is 2.19. The normalized spacial score (nSPS) is 11.9. The Balaban J connectivity index is 2.06. The Kier molecular flexibility index (Phi) is 4.95. The van der Waals surface area contributed by atoms with E-state index in [0.29, 0.717) is 13.0 Å². The van der Waals surface area contributed by atoms with Crippen LogP contribution in [0.4, 0.5) is 0 Å². The van der Waals surface area contributed by atoms with E-state index in [1.807, 2.05) is 37.3 Å². The Morgan fingerprint density at radius 1 is 1.24 bits per heavy atom. The Morgan fingerprint density at radius 2 is 1.95 bits per heavy atom. The fraction of sp³-hybridized carbons (Fsp3) is 0.235. The second-order valence-electron chi connectivity index (χ2n) is 5.12. The van der Waals surface area contributed by atoms with Crippen molar-refractivity contribution in [1.82, 2.24) is 5.32 Å². The number of rotatable bonds is 5. The van der Waals surface area contributed by atoms with Crippen LogP contribution in [0.2, 0.25) is 0 Å². The SMILES string of the molecule is Cc1ccc(C(=O)NC(CN)Cc2ccccc2)c(O)c1. The molecule has 0 aliphatic rings. The summed E-state index contributed by atoms with van der Waals surface area (Å²) in [5.41, 5.74) is 8.02. The Morgan fingerprint density at radius 3 is 2.57 bits per heavy atom. The molecule has 21 heavy (non-hydrogen) atoms. The molecule has 0 radical (unpaired) electrons. The molecule has 0 bridgehead atoms. The summed E-state index contributed by atoms with van der Waals surface area (Å²) in [7, 11) is 0. The van der Waals surface area contributed by atoms with E-state index in [1.54, 1.807) is 18.2 Å². The monoisotopic (exact) mass is 284 g/mol. The first-order valence-electron chi connectivity index (χ1n) is 6.94. The van der Waals surface area contributed by atoms with E-state index in [2.05, 4.69) is 5.32 Å². The number of nitrogens with one attached hydrogen (secondary N) is 1. The molecule has 110 valence electrons. The number of carbonyl (C=O) groups is 1. The van der Waals surface area contributed by atoms with Crippen LogP contribution in [-0.4, -0.2) is 23.6 Å². The van der Waals surface area contributed by atoms with E-state index in [-0.39, 0.29) is 23.3 Å². The molecule has 0 aliphatic heterocycles. The van der Waals surface area contributed by atoms with Gasteiger partial charge in [-0.3, -0.25) is 4.79 Å². The Labute approximate surface area is 124 Å². The average molecular weight is 284 g/mol. The van der Waals surface area contributed by atoms with E-state index in [0.717, 1.165) is 11.1 Å². The maximum atomic E-state index is 12.2. The number of carbonyl (C=O) groups excluding carboxylic acids is 1. The van der Waals surface area contributed by atoms with Crippen LogP contribution in [0.1, 0.15) is 21.5 Å². The number of phenols is 1. The van der Waals surface area contributed by atoms with Crippen molar-refractivity contribution in [3.63, 3.8) is 0 Å². The van der Waals surface area contributed by atoms with Crippen molar-refractivity contribution in [1.29, 1.82) is 0 Å². The van der Waals surface area contributed by atoms with Crippen LogP contribution >= 0.6 is 0 Å². The number of benzene rings is 2. The number of hydrogen-bond acceptors (Lipinski definition) is 3. The molecule has 2 aromatic rings. The molecule has 0 spiro atoms. The number of aromatic hydroxyl groups is 1. The van der Waals surface area contributed by atoms with Gasteiger partial charge in [-0.05, 0) is 36.6 Å². The smallest absolute Gasteiger partial charge is 0.255 e. The van der Waals surface area contributed by atoms with E-state index in [9.17, 15) is 9.90 Å². The molecule has 4 N–H and O–H groups in total.